The molecule has 0 spiro atoms. The molecule has 0 unspecified atom stereocenters. The molecule has 0 saturated heterocycles. The normalized spacial score (nSPS) is 15.2. The maximum Gasteiger partial charge on any atom is 0.317 e. The predicted octanol–water partition coefficient (Wildman–Crippen LogP) is 1.68. The lowest BCUT2D eigenvalue weighted by atomic mass is 10.1. The smallest absolute Gasteiger partial charge is 0.317 e. The molecular weight excluding hydrogens is 256 g/mol. The minimum Gasteiger partial charge on any atom is -0.480 e. The Hall–Kier alpha value is -1.10. The van der Waals surface area contributed by atoms with Gasteiger partial charge in [0.05, 0.1) is 13.1 Å². The molecule has 5 nitrogen and oxygen atoms in total. The molecule has 1 N–H and O–H groups in total. The molecule has 0 atom stereocenters. The van der Waals surface area contributed by atoms with Crippen molar-refractivity contribution in [3.05, 3.63) is 0 Å². The molecule has 1 aliphatic carbocycles. The molecule has 116 valence electrons. The molecule has 0 aromatic heterocycles. The SMILES string of the molecule is CC(C)CN(CC(C)C)C(=O)CN(CC(=O)O)C1CC1. The number of hydrogen-bond donors (Lipinski definition) is 1. The van der Waals surface area contributed by atoms with Crippen LogP contribution in [0.25, 0.3) is 0 Å². The Labute approximate surface area is 121 Å². The molecule has 1 amide bonds. The Balaban J connectivity index is 2.59. The van der Waals surface area contributed by atoms with Crippen molar-refractivity contribution in [3.63, 3.8) is 0 Å². The average molecular weight is 284 g/mol. The van der Waals surface area contributed by atoms with Crippen molar-refractivity contribution in [1.29, 1.82) is 0 Å². The van der Waals surface area contributed by atoms with Gasteiger partial charge >= 0.3 is 5.97 Å². The van der Waals surface area contributed by atoms with E-state index in [1.54, 1.807) is 4.90 Å². The third-order valence-electron chi connectivity index (χ3n) is 3.26. The summed E-state index contributed by atoms with van der Waals surface area (Å²) < 4.78 is 0. The van der Waals surface area contributed by atoms with Crippen molar-refractivity contribution in [2.24, 2.45) is 11.8 Å². The van der Waals surface area contributed by atoms with Crippen LogP contribution in [0.15, 0.2) is 0 Å². The molecule has 1 aliphatic rings. The van der Waals surface area contributed by atoms with Crippen molar-refractivity contribution >= 4 is 11.9 Å². The minimum atomic E-state index is -0.857. The van der Waals surface area contributed by atoms with E-state index in [1.165, 1.54) is 0 Å². The van der Waals surface area contributed by atoms with E-state index in [2.05, 4.69) is 27.7 Å². The summed E-state index contributed by atoms with van der Waals surface area (Å²) in [5, 5.41) is 8.94. The fourth-order valence-corrected chi connectivity index (χ4v) is 2.36. The standard InChI is InChI=1S/C15H28N2O3/c1-11(2)7-17(8-12(3)4)14(18)9-16(10-15(19)20)13-5-6-13/h11-13H,5-10H2,1-4H3,(H,19,20). The van der Waals surface area contributed by atoms with Crippen LogP contribution in [0.5, 0.6) is 0 Å². The molecular formula is C15H28N2O3. The Morgan fingerprint density at radius 1 is 1.05 bits per heavy atom. The highest BCUT2D eigenvalue weighted by Crippen LogP contribution is 2.26. The monoisotopic (exact) mass is 284 g/mol. The van der Waals surface area contributed by atoms with Crippen molar-refractivity contribution < 1.29 is 14.7 Å². The molecule has 0 radical (unpaired) electrons. The van der Waals surface area contributed by atoms with E-state index in [1.807, 2.05) is 4.90 Å². The van der Waals surface area contributed by atoms with Crippen molar-refractivity contribution in [3.8, 4) is 0 Å². The van der Waals surface area contributed by atoms with Crippen molar-refractivity contribution in [2.45, 2.75) is 46.6 Å². The number of carboxylic acid groups (broad SMARTS) is 1. The van der Waals surface area contributed by atoms with Crippen LogP contribution in [0.3, 0.4) is 0 Å². The highest BCUT2D eigenvalue weighted by Gasteiger charge is 2.32. The van der Waals surface area contributed by atoms with E-state index >= 15 is 0 Å². The molecule has 0 aliphatic heterocycles. The maximum absolute atomic E-state index is 12.4. The number of amides is 1. The van der Waals surface area contributed by atoms with E-state index in [-0.39, 0.29) is 25.0 Å². The van der Waals surface area contributed by atoms with Crippen LogP contribution in [0.4, 0.5) is 0 Å². The van der Waals surface area contributed by atoms with E-state index in [0.29, 0.717) is 11.8 Å². The van der Waals surface area contributed by atoms with E-state index in [0.717, 1.165) is 25.9 Å². The first-order chi connectivity index (χ1) is 9.29. The summed E-state index contributed by atoms with van der Waals surface area (Å²) in [5.41, 5.74) is 0. The largest absolute Gasteiger partial charge is 0.480 e. The summed E-state index contributed by atoms with van der Waals surface area (Å²) in [6.45, 7) is 10.1. The third kappa shape index (κ3) is 6.37. The van der Waals surface area contributed by atoms with Gasteiger partial charge in [-0.05, 0) is 24.7 Å². The lowest BCUT2D eigenvalue weighted by molar-refractivity contribution is -0.140. The number of aliphatic carboxylic acids is 1. The van der Waals surface area contributed by atoms with E-state index < -0.39 is 5.97 Å². The Morgan fingerprint density at radius 2 is 1.55 bits per heavy atom. The van der Waals surface area contributed by atoms with Crippen LogP contribution in [0.2, 0.25) is 0 Å². The molecule has 1 rings (SSSR count). The lowest BCUT2D eigenvalue weighted by Gasteiger charge is -2.29. The predicted molar refractivity (Wildman–Crippen MR) is 78.5 cm³/mol. The van der Waals surface area contributed by atoms with Gasteiger partial charge in [0.2, 0.25) is 5.91 Å². The zero-order valence-electron chi connectivity index (χ0n) is 13.1. The highest BCUT2D eigenvalue weighted by atomic mass is 16.4. The molecule has 1 saturated carbocycles. The van der Waals surface area contributed by atoms with Gasteiger partial charge < -0.3 is 10.0 Å². The first-order valence-electron chi connectivity index (χ1n) is 7.53. The number of carboxylic acids is 1. The zero-order chi connectivity index (χ0) is 15.3. The van der Waals surface area contributed by atoms with Gasteiger partial charge in [-0.15, -0.1) is 0 Å². The van der Waals surface area contributed by atoms with Crippen LogP contribution >= 0.6 is 0 Å². The number of nitrogens with zero attached hydrogens (tertiary/aromatic N) is 2. The molecule has 5 heteroatoms. The second-order valence-electron chi connectivity index (χ2n) is 6.62. The van der Waals surface area contributed by atoms with Gasteiger partial charge in [0.25, 0.3) is 0 Å². The number of carbonyl (C=O) groups is 2. The number of hydrogen-bond acceptors (Lipinski definition) is 3. The van der Waals surface area contributed by atoms with Crippen LogP contribution in [0, 0.1) is 11.8 Å². The molecule has 0 aromatic carbocycles. The second-order valence-corrected chi connectivity index (χ2v) is 6.62. The summed E-state index contributed by atoms with van der Waals surface area (Å²) in [7, 11) is 0. The van der Waals surface area contributed by atoms with E-state index in [9.17, 15) is 9.59 Å². The summed E-state index contributed by atoms with van der Waals surface area (Å²) in [5.74, 6) is 0.0441. The van der Waals surface area contributed by atoms with E-state index in [4.69, 9.17) is 5.11 Å². The third-order valence-corrected chi connectivity index (χ3v) is 3.26. The Morgan fingerprint density at radius 3 is 1.90 bits per heavy atom. The number of carbonyl (C=O) groups excluding carboxylic acids is 1. The molecule has 0 heterocycles. The number of rotatable bonds is 9. The van der Waals surface area contributed by atoms with Crippen LogP contribution in [-0.4, -0.2) is 59.0 Å². The quantitative estimate of drug-likeness (QED) is 0.700. The van der Waals surface area contributed by atoms with Gasteiger partial charge in [-0.2, -0.15) is 0 Å². The van der Waals surface area contributed by atoms with Gasteiger partial charge in [0, 0.05) is 19.1 Å². The van der Waals surface area contributed by atoms with Crippen LogP contribution < -0.4 is 0 Å². The fourth-order valence-electron chi connectivity index (χ4n) is 2.36. The highest BCUT2D eigenvalue weighted by molar-refractivity contribution is 5.79. The van der Waals surface area contributed by atoms with Gasteiger partial charge in [0.1, 0.15) is 0 Å². The maximum atomic E-state index is 12.4. The first kappa shape index (κ1) is 17.0. The molecule has 1 fully saturated rings. The summed E-state index contributed by atoms with van der Waals surface area (Å²) in [6.07, 6.45) is 2.02. The van der Waals surface area contributed by atoms with Gasteiger partial charge in [0.15, 0.2) is 0 Å². The zero-order valence-corrected chi connectivity index (χ0v) is 13.1. The second kappa shape index (κ2) is 7.62. The topological polar surface area (TPSA) is 60.9 Å². The van der Waals surface area contributed by atoms with Gasteiger partial charge in [-0.3, -0.25) is 14.5 Å². The molecule has 20 heavy (non-hydrogen) atoms. The molecule has 0 aromatic rings. The van der Waals surface area contributed by atoms with Crippen LogP contribution in [-0.2, 0) is 9.59 Å². The molecule has 0 bridgehead atoms. The first-order valence-corrected chi connectivity index (χ1v) is 7.53. The Kier molecular flexibility index (Phi) is 6.46. The van der Waals surface area contributed by atoms with Crippen molar-refractivity contribution in [1.82, 2.24) is 9.80 Å². The fraction of sp³-hybridized carbons (Fsp3) is 0.867. The van der Waals surface area contributed by atoms with Crippen LogP contribution in [0.1, 0.15) is 40.5 Å². The van der Waals surface area contributed by atoms with Gasteiger partial charge in [-0.1, -0.05) is 27.7 Å². The average Bonchev–Trinajstić information content (AvgIpc) is 3.08. The minimum absolute atomic E-state index is 0.0341. The van der Waals surface area contributed by atoms with Gasteiger partial charge in [-0.25, -0.2) is 0 Å². The summed E-state index contributed by atoms with van der Waals surface area (Å²) >= 11 is 0. The lowest BCUT2D eigenvalue weighted by Crippen LogP contribution is -2.45. The summed E-state index contributed by atoms with van der Waals surface area (Å²) in [4.78, 5) is 27.0. The Bertz CT molecular complexity index is 328. The van der Waals surface area contributed by atoms with Crippen molar-refractivity contribution in [2.75, 3.05) is 26.2 Å². The summed E-state index contributed by atoms with van der Waals surface area (Å²) in [6, 6.07) is 0.287.